The van der Waals surface area contributed by atoms with E-state index >= 15 is 0 Å². The van der Waals surface area contributed by atoms with E-state index in [4.69, 9.17) is 5.84 Å². The number of carbonyl (C=O) groups excluding carboxylic acids is 1. The fraction of sp³-hybridized carbons (Fsp3) is 0.462. The highest BCUT2D eigenvalue weighted by atomic mass is 79.9. The van der Waals surface area contributed by atoms with Crippen LogP contribution in [0.3, 0.4) is 0 Å². The quantitative estimate of drug-likeness (QED) is 0.478. The van der Waals surface area contributed by atoms with Crippen LogP contribution in [0.4, 0.5) is 13.2 Å². The first-order valence-corrected chi connectivity index (χ1v) is 7.03. The zero-order valence-corrected chi connectivity index (χ0v) is 13.3. The van der Waals surface area contributed by atoms with Crippen molar-refractivity contribution in [3.8, 4) is 0 Å². The minimum absolute atomic E-state index is 0.127. The van der Waals surface area contributed by atoms with Gasteiger partial charge in [0, 0.05) is 22.6 Å². The predicted octanol–water partition coefficient (Wildman–Crippen LogP) is 2.83. The second-order valence-corrected chi connectivity index (χ2v) is 5.75. The highest BCUT2D eigenvalue weighted by molar-refractivity contribution is 9.10. The van der Waals surface area contributed by atoms with Crippen molar-refractivity contribution in [1.29, 1.82) is 0 Å². The van der Waals surface area contributed by atoms with Crippen molar-refractivity contribution in [1.82, 2.24) is 10.3 Å². The third kappa shape index (κ3) is 5.64. The fourth-order valence-corrected chi connectivity index (χ4v) is 2.27. The summed E-state index contributed by atoms with van der Waals surface area (Å²) in [6, 6.07) is 4.41. The Morgan fingerprint density at radius 1 is 1.43 bits per heavy atom. The Hall–Kier alpha value is -1.12. The van der Waals surface area contributed by atoms with E-state index in [9.17, 15) is 18.0 Å². The first-order chi connectivity index (χ1) is 9.64. The van der Waals surface area contributed by atoms with Crippen LogP contribution in [0.2, 0.25) is 0 Å². The molecule has 8 heteroatoms. The van der Waals surface area contributed by atoms with Crippen molar-refractivity contribution in [3.63, 3.8) is 0 Å². The highest BCUT2D eigenvalue weighted by Crippen LogP contribution is 2.24. The van der Waals surface area contributed by atoms with E-state index < -0.39 is 18.6 Å². The summed E-state index contributed by atoms with van der Waals surface area (Å²) in [4.78, 5) is 12.7. The summed E-state index contributed by atoms with van der Waals surface area (Å²) < 4.78 is 38.3. The van der Waals surface area contributed by atoms with Gasteiger partial charge in [0.05, 0.1) is 6.54 Å². The number of alkyl halides is 3. The second kappa shape index (κ2) is 7.24. The first kappa shape index (κ1) is 17.9. The highest BCUT2D eigenvalue weighted by Gasteiger charge is 2.31. The van der Waals surface area contributed by atoms with Gasteiger partial charge in [-0.15, -0.1) is 0 Å². The van der Waals surface area contributed by atoms with Gasteiger partial charge < -0.3 is 0 Å². The molecule has 0 aliphatic carbocycles. The maximum atomic E-state index is 12.6. The Kier molecular flexibility index (Phi) is 6.18. The van der Waals surface area contributed by atoms with Crippen LogP contribution in [0.1, 0.15) is 29.8 Å². The smallest absolute Gasteiger partial charge is 0.290 e. The zero-order chi connectivity index (χ0) is 16.2. The Balaban J connectivity index is 2.92. The molecule has 0 radical (unpaired) electrons. The number of hydrogen-bond donors (Lipinski definition) is 2. The molecule has 4 nitrogen and oxygen atoms in total. The van der Waals surface area contributed by atoms with Gasteiger partial charge in [0.25, 0.3) is 5.91 Å². The lowest BCUT2D eigenvalue weighted by molar-refractivity contribution is -0.150. The number of nitrogens with one attached hydrogen (secondary N) is 1. The molecule has 0 bridgehead atoms. The average molecular weight is 368 g/mol. The molecule has 1 rings (SSSR count). The molecule has 0 saturated carbocycles. The number of nitrogens with zero attached hydrogens (tertiary/aromatic N) is 1. The van der Waals surface area contributed by atoms with Gasteiger partial charge in [-0.2, -0.15) is 13.2 Å². The number of benzene rings is 1. The summed E-state index contributed by atoms with van der Waals surface area (Å²) in [5.74, 6) is 4.57. The van der Waals surface area contributed by atoms with Gasteiger partial charge in [-0.25, -0.2) is 5.84 Å². The van der Waals surface area contributed by atoms with Gasteiger partial charge in [0.2, 0.25) is 0 Å². The van der Waals surface area contributed by atoms with E-state index in [1.54, 1.807) is 19.9 Å². The molecule has 21 heavy (non-hydrogen) atoms. The van der Waals surface area contributed by atoms with E-state index in [2.05, 4.69) is 15.9 Å². The van der Waals surface area contributed by atoms with E-state index in [-0.39, 0.29) is 12.6 Å². The number of hydrogen-bond acceptors (Lipinski definition) is 3. The van der Waals surface area contributed by atoms with Gasteiger partial charge in [0.1, 0.15) is 0 Å². The molecule has 0 aromatic heterocycles. The molecule has 0 saturated heterocycles. The van der Waals surface area contributed by atoms with Gasteiger partial charge in [-0.3, -0.25) is 15.1 Å². The number of nitrogen functional groups attached to an aromatic ring is 1. The van der Waals surface area contributed by atoms with Crippen LogP contribution in [-0.2, 0) is 6.54 Å². The summed E-state index contributed by atoms with van der Waals surface area (Å²) in [6.45, 7) is 2.55. The lowest BCUT2D eigenvalue weighted by Crippen LogP contribution is -2.38. The van der Waals surface area contributed by atoms with Gasteiger partial charge in [0.15, 0.2) is 0 Å². The van der Waals surface area contributed by atoms with Crippen molar-refractivity contribution >= 4 is 21.8 Å². The largest absolute Gasteiger partial charge is 0.401 e. The van der Waals surface area contributed by atoms with Crippen molar-refractivity contribution in [2.24, 2.45) is 5.84 Å². The second-order valence-electron chi connectivity index (χ2n) is 4.89. The molecule has 3 N–H and O–H groups in total. The minimum Gasteiger partial charge on any atom is -0.290 e. The molecule has 0 atom stereocenters. The van der Waals surface area contributed by atoms with E-state index in [0.717, 1.165) is 0 Å². The molecular formula is C13H17BrF3N3O. The molecule has 118 valence electrons. The van der Waals surface area contributed by atoms with Crippen LogP contribution in [0.15, 0.2) is 22.7 Å². The van der Waals surface area contributed by atoms with Crippen LogP contribution in [0.25, 0.3) is 0 Å². The van der Waals surface area contributed by atoms with Crippen LogP contribution in [0, 0.1) is 0 Å². The van der Waals surface area contributed by atoms with Crippen molar-refractivity contribution in [3.05, 3.63) is 33.8 Å². The predicted molar refractivity (Wildman–Crippen MR) is 77.4 cm³/mol. The van der Waals surface area contributed by atoms with Gasteiger partial charge in [-0.05, 0) is 31.5 Å². The standard InChI is InChI=1S/C13H17BrF3N3O/c1-8(2)20(7-13(15,16)17)6-10-4-3-9(5-11(10)14)12(21)19-18/h3-5,8H,6-7,18H2,1-2H3,(H,19,21). The molecule has 1 amide bonds. The summed E-state index contributed by atoms with van der Waals surface area (Å²) in [5, 5.41) is 0. The van der Waals surface area contributed by atoms with Crippen molar-refractivity contribution in [2.45, 2.75) is 32.6 Å². The minimum atomic E-state index is -4.25. The molecule has 1 aromatic carbocycles. The number of hydrazine groups is 1. The summed E-state index contributed by atoms with van der Waals surface area (Å²) >= 11 is 3.27. The van der Waals surface area contributed by atoms with E-state index in [1.807, 2.05) is 5.43 Å². The van der Waals surface area contributed by atoms with E-state index in [1.165, 1.54) is 17.0 Å². The Labute approximate surface area is 129 Å². The molecular weight excluding hydrogens is 351 g/mol. The summed E-state index contributed by atoms with van der Waals surface area (Å²) in [7, 11) is 0. The molecule has 1 aromatic rings. The first-order valence-electron chi connectivity index (χ1n) is 6.24. The van der Waals surface area contributed by atoms with Crippen molar-refractivity contribution < 1.29 is 18.0 Å². The van der Waals surface area contributed by atoms with Gasteiger partial charge >= 0.3 is 6.18 Å². The Bertz CT molecular complexity index is 506. The summed E-state index contributed by atoms with van der Waals surface area (Å²) in [6.07, 6.45) is -4.25. The average Bonchev–Trinajstić information content (AvgIpc) is 2.37. The molecule has 0 unspecified atom stereocenters. The van der Waals surface area contributed by atoms with Crippen molar-refractivity contribution in [2.75, 3.05) is 6.54 Å². The van der Waals surface area contributed by atoms with Crippen LogP contribution in [0.5, 0.6) is 0 Å². The van der Waals surface area contributed by atoms with Crippen LogP contribution >= 0.6 is 15.9 Å². The van der Waals surface area contributed by atoms with Crippen LogP contribution in [-0.4, -0.2) is 29.6 Å². The number of halogens is 4. The lowest BCUT2D eigenvalue weighted by Gasteiger charge is -2.28. The topological polar surface area (TPSA) is 58.4 Å². The van der Waals surface area contributed by atoms with Gasteiger partial charge in [-0.1, -0.05) is 22.0 Å². The molecule has 0 heterocycles. The summed E-state index contributed by atoms with van der Waals surface area (Å²) in [5.41, 5.74) is 3.00. The molecule has 0 spiro atoms. The monoisotopic (exact) mass is 367 g/mol. The SMILES string of the molecule is CC(C)N(Cc1ccc(C(=O)NN)cc1Br)CC(F)(F)F. The molecule has 0 aliphatic rings. The van der Waals surface area contributed by atoms with E-state index in [0.29, 0.717) is 15.6 Å². The third-order valence-corrected chi connectivity index (χ3v) is 3.67. The third-order valence-electron chi connectivity index (χ3n) is 2.93. The Morgan fingerprint density at radius 3 is 2.48 bits per heavy atom. The number of carbonyl (C=O) groups is 1. The normalized spacial score (nSPS) is 12.0. The maximum absolute atomic E-state index is 12.6. The lowest BCUT2D eigenvalue weighted by atomic mass is 10.1. The maximum Gasteiger partial charge on any atom is 0.401 e. The molecule has 0 aliphatic heterocycles. The van der Waals surface area contributed by atoms with Crippen LogP contribution < -0.4 is 11.3 Å². The Morgan fingerprint density at radius 2 is 2.05 bits per heavy atom. The number of amides is 1. The fourth-order valence-electron chi connectivity index (χ4n) is 1.77. The number of nitrogens with two attached hydrogens (primary N) is 1. The zero-order valence-electron chi connectivity index (χ0n) is 11.7. The number of rotatable bonds is 5. The molecule has 0 fully saturated rings.